The van der Waals surface area contributed by atoms with Crippen molar-refractivity contribution in [3.05, 3.63) is 29.6 Å². The molecular weight excluding hydrogens is 219 g/mol. The molecule has 0 aromatic heterocycles. The smallest absolute Gasteiger partial charge is 0.229 e. The quantitative estimate of drug-likeness (QED) is 0.823. The van der Waals surface area contributed by atoms with Gasteiger partial charge in [0.25, 0.3) is 0 Å². The molecule has 0 spiro atoms. The lowest BCUT2D eigenvalue weighted by Crippen LogP contribution is -2.28. The van der Waals surface area contributed by atoms with Crippen molar-refractivity contribution in [1.82, 2.24) is 5.32 Å². The highest BCUT2D eigenvalue weighted by molar-refractivity contribution is 5.93. The van der Waals surface area contributed by atoms with Crippen LogP contribution in [0.1, 0.15) is 12.5 Å². The van der Waals surface area contributed by atoms with E-state index < -0.39 is 0 Å². The first-order valence-corrected chi connectivity index (χ1v) is 5.85. The molecule has 1 aromatic carbocycles. The van der Waals surface area contributed by atoms with E-state index in [1.165, 1.54) is 6.07 Å². The Kier molecular flexibility index (Phi) is 3.43. The number of carbonyl (C=O) groups excluding carboxylic acids is 1. The van der Waals surface area contributed by atoms with Crippen molar-refractivity contribution < 1.29 is 9.18 Å². The van der Waals surface area contributed by atoms with Gasteiger partial charge in [0, 0.05) is 6.54 Å². The van der Waals surface area contributed by atoms with Crippen molar-refractivity contribution in [2.45, 2.75) is 13.8 Å². The van der Waals surface area contributed by atoms with E-state index in [0.717, 1.165) is 12.1 Å². The third-order valence-electron chi connectivity index (χ3n) is 3.24. The number of anilines is 1. The standard InChI is InChI=1S/C13H17FN2O/c1-8-3-4-12(11(14)5-8)16-13(17)10-7-15-6-9(10)2/h3-5,9-10,15H,6-7H2,1-2H3,(H,16,17). The molecule has 4 heteroatoms. The topological polar surface area (TPSA) is 41.1 Å². The van der Waals surface area contributed by atoms with Gasteiger partial charge in [-0.05, 0) is 37.1 Å². The van der Waals surface area contributed by atoms with Gasteiger partial charge in [-0.15, -0.1) is 0 Å². The summed E-state index contributed by atoms with van der Waals surface area (Å²) in [5.41, 5.74) is 1.11. The van der Waals surface area contributed by atoms with Crippen LogP contribution in [0.4, 0.5) is 10.1 Å². The molecule has 3 nitrogen and oxygen atoms in total. The number of hydrogen-bond donors (Lipinski definition) is 2. The zero-order valence-electron chi connectivity index (χ0n) is 10.1. The van der Waals surface area contributed by atoms with Gasteiger partial charge < -0.3 is 10.6 Å². The van der Waals surface area contributed by atoms with Gasteiger partial charge in [0.15, 0.2) is 0 Å². The van der Waals surface area contributed by atoms with Crippen LogP contribution < -0.4 is 10.6 Å². The van der Waals surface area contributed by atoms with Crippen molar-refractivity contribution in [3.63, 3.8) is 0 Å². The van der Waals surface area contributed by atoms with Gasteiger partial charge in [-0.25, -0.2) is 4.39 Å². The molecule has 2 atom stereocenters. The molecule has 1 fully saturated rings. The lowest BCUT2D eigenvalue weighted by Gasteiger charge is -2.14. The predicted octanol–water partition coefficient (Wildman–Crippen LogP) is 1.93. The average molecular weight is 236 g/mol. The van der Waals surface area contributed by atoms with Gasteiger partial charge in [0.2, 0.25) is 5.91 Å². The Morgan fingerprint density at radius 1 is 1.47 bits per heavy atom. The van der Waals surface area contributed by atoms with E-state index in [9.17, 15) is 9.18 Å². The van der Waals surface area contributed by atoms with Crippen LogP contribution in [0.25, 0.3) is 0 Å². The Labute approximate surface area is 100 Å². The normalized spacial score (nSPS) is 23.7. The van der Waals surface area contributed by atoms with Crippen LogP contribution in [0.2, 0.25) is 0 Å². The minimum Gasteiger partial charge on any atom is -0.323 e. The lowest BCUT2D eigenvalue weighted by molar-refractivity contribution is -0.120. The molecule has 1 saturated heterocycles. The summed E-state index contributed by atoms with van der Waals surface area (Å²) in [6.45, 7) is 5.35. The third-order valence-corrected chi connectivity index (χ3v) is 3.24. The second kappa shape index (κ2) is 4.84. The molecule has 2 rings (SSSR count). The number of nitrogens with one attached hydrogen (secondary N) is 2. The number of amides is 1. The number of benzene rings is 1. The van der Waals surface area contributed by atoms with E-state index in [1.807, 2.05) is 13.8 Å². The number of rotatable bonds is 2. The van der Waals surface area contributed by atoms with Crippen LogP contribution in [-0.2, 0) is 4.79 Å². The molecule has 0 saturated carbocycles. The van der Waals surface area contributed by atoms with E-state index in [1.54, 1.807) is 12.1 Å². The molecule has 17 heavy (non-hydrogen) atoms. The molecule has 2 N–H and O–H groups in total. The molecule has 92 valence electrons. The number of aryl methyl sites for hydroxylation is 1. The number of hydrogen-bond acceptors (Lipinski definition) is 2. The highest BCUT2D eigenvalue weighted by Gasteiger charge is 2.29. The molecule has 1 heterocycles. The molecule has 1 aromatic rings. The Morgan fingerprint density at radius 2 is 2.24 bits per heavy atom. The molecule has 1 aliphatic heterocycles. The van der Waals surface area contributed by atoms with Crippen molar-refractivity contribution in [2.75, 3.05) is 18.4 Å². The van der Waals surface area contributed by atoms with Crippen LogP contribution in [0.3, 0.4) is 0 Å². The van der Waals surface area contributed by atoms with E-state index >= 15 is 0 Å². The Balaban J connectivity index is 2.07. The van der Waals surface area contributed by atoms with Gasteiger partial charge >= 0.3 is 0 Å². The van der Waals surface area contributed by atoms with Crippen LogP contribution in [0, 0.1) is 24.6 Å². The van der Waals surface area contributed by atoms with Crippen LogP contribution in [0.15, 0.2) is 18.2 Å². The van der Waals surface area contributed by atoms with Gasteiger partial charge in [0.05, 0.1) is 11.6 Å². The summed E-state index contributed by atoms with van der Waals surface area (Å²) in [7, 11) is 0. The maximum absolute atomic E-state index is 13.6. The third kappa shape index (κ3) is 2.64. The largest absolute Gasteiger partial charge is 0.323 e. The molecule has 0 bridgehead atoms. The molecular formula is C13H17FN2O. The van der Waals surface area contributed by atoms with Crippen LogP contribution >= 0.6 is 0 Å². The first-order valence-electron chi connectivity index (χ1n) is 5.85. The summed E-state index contributed by atoms with van der Waals surface area (Å²) >= 11 is 0. The predicted molar refractivity (Wildman–Crippen MR) is 65.3 cm³/mol. The van der Waals surface area contributed by atoms with Crippen molar-refractivity contribution >= 4 is 11.6 Å². The Bertz CT molecular complexity index is 433. The van der Waals surface area contributed by atoms with E-state index in [-0.39, 0.29) is 23.3 Å². The lowest BCUT2D eigenvalue weighted by atomic mass is 9.97. The summed E-state index contributed by atoms with van der Waals surface area (Å²) in [5.74, 6) is -0.263. The van der Waals surface area contributed by atoms with E-state index in [2.05, 4.69) is 10.6 Å². The minimum atomic E-state index is -0.378. The van der Waals surface area contributed by atoms with Crippen molar-refractivity contribution in [3.8, 4) is 0 Å². The van der Waals surface area contributed by atoms with E-state index in [0.29, 0.717) is 12.5 Å². The summed E-state index contributed by atoms with van der Waals surface area (Å²) < 4.78 is 13.6. The zero-order chi connectivity index (χ0) is 12.4. The summed E-state index contributed by atoms with van der Waals surface area (Å²) in [5, 5.41) is 5.81. The average Bonchev–Trinajstić information content (AvgIpc) is 2.68. The van der Waals surface area contributed by atoms with Crippen LogP contribution in [-0.4, -0.2) is 19.0 Å². The number of halogens is 1. The Hall–Kier alpha value is -1.42. The summed E-state index contributed by atoms with van der Waals surface area (Å²) in [4.78, 5) is 11.9. The minimum absolute atomic E-state index is 0.0734. The van der Waals surface area contributed by atoms with Crippen molar-refractivity contribution in [2.24, 2.45) is 11.8 Å². The Morgan fingerprint density at radius 3 is 2.82 bits per heavy atom. The molecule has 1 aliphatic rings. The van der Waals surface area contributed by atoms with Crippen molar-refractivity contribution in [1.29, 1.82) is 0 Å². The fourth-order valence-electron chi connectivity index (χ4n) is 2.11. The molecule has 0 radical (unpaired) electrons. The molecule has 2 unspecified atom stereocenters. The second-order valence-electron chi connectivity index (χ2n) is 4.71. The molecule has 0 aliphatic carbocycles. The van der Waals surface area contributed by atoms with Crippen LogP contribution in [0.5, 0.6) is 0 Å². The highest BCUT2D eigenvalue weighted by atomic mass is 19.1. The number of carbonyl (C=O) groups is 1. The zero-order valence-corrected chi connectivity index (χ0v) is 10.1. The first-order chi connectivity index (χ1) is 8.08. The van der Waals surface area contributed by atoms with Gasteiger partial charge in [-0.3, -0.25) is 4.79 Å². The maximum atomic E-state index is 13.6. The maximum Gasteiger partial charge on any atom is 0.229 e. The fraction of sp³-hybridized carbons (Fsp3) is 0.462. The SMILES string of the molecule is Cc1ccc(NC(=O)C2CNCC2C)c(F)c1. The summed E-state index contributed by atoms with van der Waals surface area (Å²) in [6.07, 6.45) is 0. The fourth-order valence-corrected chi connectivity index (χ4v) is 2.11. The summed E-state index contributed by atoms with van der Waals surface area (Å²) in [6, 6.07) is 4.82. The highest BCUT2D eigenvalue weighted by Crippen LogP contribution is 2.20. The second-order valence-corrected chi connectivity index (χ2v) is 4.71. The monoisotopic (exact) mass is 236 g/mol. The molecule has 1 amide bonds. The van der Waals surface area contributed by atoms with Gasteiger partial charge in [-0.1, -0.05) is 13.0 Å². The van der Waals surface area contributed by atoms with E-state index in [4.69, 9.17) is 0 Å². The van der Waals surface area contributed by atoms with Gasteiger partial charge in [0.1, 0.15) is 5.82 Å². The first kappa shape index (κ1) is 12.0. The van der Waals surface area contributed by atoms with Gasteiger partial charge in [-0.2, -0.15) is 0 Å².